The van der Waals surface area contributed by atoms with Crippen LogP contribution in [0.25, 0.3) is 0 Å². The summed E-state index contributed by atoms with van der Waals surface area (Å²) < 4.78 is 0. The minimum Gasteiger partial charge on any atom is -0.300 e. The van der Waals surface area contributed by atoms with Gasteiger partial charge in [-0.2, -0.15) is 0 Å². The third kappa shape index (κ3) is 6.94. The minimum absolute atomic E-state index is 0.742. The Morgan fingerprint density at radius 3 is 1.93 bits per heavy atom. The second kappa shape index (κ2) is 9.21. The largest absolute Gasteiger partial charge is 0.300 e. The van der Waals surface area contributed by atoms with Crippen LogP contribution in [0.5, 0.6) is 0 Å². The zero-order valence-electron chi connectivity index (χ0n) is 11.6. The first kappa shape index (κ1) is 15.0. The van der Waals surface area contributed by atoms with E-state index in [1.54, 1.807) is 0 Å². The molecule has 0 radical (unpaired) electrons. The molecule has 1 atom stereocenters. The SMILES string of the molecule is CCCCCCN(CCC)[C@@H](C)C(C)C. The van der Waals surface area contributed by atoms with Crippen LogP contribution in [0.3, 0.4) is 0 Å². The van der Waals surface area contributed by atoms with E-state index >= 15 is 0 Å². The molecule has 0 aliphatic rings. The first-order valence-electron chi connectivity index (χ1n) is 6.87. The van der Waals surface area contributed by atoms with E-state index in [-0.39, 0.29) is 0 Å². The van der Waals surface area contributed by atoms with Gasteiger partial charge in [0.15, 0.2) is 0 Å². The van der Waals surface area contributed by atoms with Gasteiger partial charge >= 0.3 is 0 Å². The normalized spacial score (nSPS) is 13.8. The summed E-state index contributed by atoms with van der Waals surface area (Å²) in [5.74, 6) is 0.780. The van der Waals surface area contributed by atoms with Crippen LogP contribution >= 0.6 is 0 Å². The summed E-state index contributed by atoms with van der Waals surface area (Å²) in [7, 11) is 0. The molecule has 0 aliphatic heterocycles. The van der Waals surface area contributed by atoms with Crippen molar-refractivity contribution >= 4 is 0 Å². The maximum atomic E-state index is 2.67. The van der Waals surface area contributed by atoms with Crippen molar-refractivity contribution in [3.05, 3.63) is 0 Å². The molecule has 0 aliphatic carbocycles. The van der Waals surface area contributed by atoms with Gasteiger partial charge in [-0.3, -0.25) is 0 Å². The van der Waals surface area contributed by atoms with E-state index in [1.807, 2.05) is 0 Å². The lowest BCUT2D eigenvalue weighted by molar-refractivity contribution is 0.165. The highest BCUT2D eigenvalue weighted by Gasteiger charge is 2.15. The Morgan fingerprint density at radius 1 is 0.800 bits per heavy atom. The molecule has 0 amide bonds. The van der Waals surface area contributed by atoms with Gasteiger partial charge in [0.25, 0.3) is 0 Å². The maximum Gasteiger partial charge on any atom is 0.00899 e. The molecule has 0 saturated heterocycles. The van der Waals surface area contributed by atoms with Crippen LogP contribution in [-0.2, 0) is 0 Å². The zero-order valence-corrected chi connectivity index (χ0v) is 11.6. The fourth-order valence-corrected chi connectivity index (χ4v) is 1.97. The number of nitrogens with zero attached hydrogens (tertiary/aromatic N) is 1. The summed E-state index contributed by atoms with van der Waals surface area (Å²) in [5, 5.41) is 0. The van der Waals surface area contributed by atoms with Gasteiger partial charge in [-0.1, -0.05) is 47.0 Å². The molecule has 0 spiro atoms. The first-order valence-corrected chi connectivity index (χ1v) is 6.87. The predicted octanol–water partition coefficient (Wildman–Crippen LogP) is 4.32. The molecule has 0 aromatic carbocycles. The molecule has 0 rings (SSSR count). The second-order valence-electron chi connectivity index (χ2n) is 5.08. The molecule has 0 N–H and O–H groups in total. The van der Waals surface area contributed by atoms with Crippen LogP contribution in [-0.4, -0.2) is 24.0 Å². The Labute approximate surface area is 97.2 Å². The van der Waals surface area contributed by atoms with Gasteiger partial charge in [-0.05, 0) is 38.8 Å². The topological polar surface area (TPSA) is 3.24 Å². The van der Waals surface area contributed by atoms with Gasteiger partial charge in [0, 0.05) is 6.04 Å². The number of unbranched alkanes of at least 4 members (excludes halogenated alkanes) is 3. The lowest BCUT2D eigenvalue weighted by Gasteiger charge is -2.31. The van der Waals surface area contributed by atoms with Crippen LogP contribution in [0.2, 0.25) is 0 Å². The molecule has 92 valence electrons. The lowest BCUT2D eigenvalue weighted by atomic mass is 10.0. The van der Waals surface area contributed by atoms with Crippen LogP contribution in [0.4, 0.5) is 0 Å². The molecule has 0 bridgehead atoms. The van der Waals surface area contributed by atoms with E-state index < -0.39 is 0 Å². The first-order chi connectivity index (χ1) is 7.13. The van der Waals surface area contributed by atoms with Crippen LogP contribution in [0.15, 0.2) is 0 Å². The Hall–Kier alpha value is -0.0400. The van der Waals surface area contributed by atoms with Crippen LogP contribution in [0, 0.1) is 5.92 Å². The van der Waals surface area contributed by atoms with E-state index in [4.69, 9.17) is 0 Å². The van der Waals surface area contributed by atoms with Crippen molar-refractivity contribution in [2.75, 3.05) is 13.1 Å². The zero-order chi connectivity index (χ0) is 11.7. The van der Waals surface area contributed by atoms with Crippen LogP contribution in [0.1, 0.15) is 66.7 Å². The summed E-state index contributed by atoms with van der Waals surface area (Å²) in [6.07, 6.45) is 6.81. The molecular weight excluding hydrogens is 182 g/mol. The van der Waals surface area contributed by atoms with Gasteiger partial charge in [0.2, 0.25) is 0 Å². The van der Waals surface area contributed by atoms with E-state index in [1.165, 1.54) is 45.2 Å². The second-order valence-corrected chi connectivity index (χ2v) is 5.08. The molecule has 0 heterocycles. The fraction of sp³-hybridized carbons (Fsp3) is 1.00. The van der Waals surface area contributed by atoms with Gasteiger partial charge < -0.3 is 4.90 Å². The highest BCUT2D eigenvalue weighted by Crippen LogP contribution is 2.12. The van der Waals surface area contributed by atoms with Crippen molar-refractivity contribution in [3.8, 4) is 0 Å². The van der Waals surface area contributed by atoms with E-state index in [0.29, 0.717) is 0 Å². The van der Waals surface area contributed by atoms with Crippen molar-refractivity contribution in [3.63, 3.8) is 0 Å². The van der Waals surface area contributed by atoms with Crippen LogP contribution < -0.4 is 0 Å². The average molecular weight is 213 g/mol. The van der Waals surface area contributed by atoms with E-state index in [9.17, 15) is 0 Å². The third-order valence-electron chi connectivity index (χ3n) is 3.35. The molecule has 15 heavy (non-hydrogen) atoms. The summed E-state index contributed by atoms with van der Waals surface area (Å²) in [6, 6.07) is 0.742. The summed E-state index contributed by atoms with van der Waals surface area (Å²) in [5.41, 5.74) is 0. The minimum atomic E-state index is 0.742. The lowest BCUT2D eigenvalue weighted by Crippen LogP contribution is -2.38. The van der Waals surface area contributed by atoms with Crippen molar-refractivity contribution < 1.29 is 0 Å². The Balaban J connectivity index is 3.82. The number of hydrogen-bond acceptors (Lipinski definition) is 1. The summed E-state index contributed by atoms with van der Waals surface area (Å²) >= 11 is 0. The third-order valence-corrected chi connectivity index (χ3v) is 3.35. The molecular formula is C14H31N. The van der Waals surface area contributed by atoms with Crippen molar-refractivity contribution in [2.24, 2.45) is 5.92 Å². The predicted molar refractivity (Wildman–Crippen MR) is 70.3 cm³/mol. The molecule has 0 aromatic rings. The molecule has 1 nitrogen and oxygen atoms in total. The van der Waals surface area contributed by atoms with Crippen molar-refractivity contribution in [1.82, 2.24) is 4.90 Å². The quantitative estimate of drug-likeness (QED) is 0.515. The monoisotopic (exact) mass is 213 g/mol. The summed E-state index contributed by atoms with van der Waals surface area (Å²) in [6.45, 7) is 14.2. The van der Waals surface area contributed by atoms with Crippen molar-refractivity contribution in [1.29, 1.82) is 0 Å². The highest BCUT2D eigenvalue weighted by molar-refractivity contribution is 4.69. The van der Waals surface area contributed by atoms with Crippen molar-refractivity contribution in [2.45, 2.75) is 72.8 Å². The van der Waals surface area contributed by atoms with E-state index in [0.717, 1.165) is 12.0 Å². The Bertz CT molecular complexity index is 131. The Kier molecular flexibility index (Phi) is 9.18. The van der Waals surface area contributed by atoms with Gasteiger partial charge in [-0.15, -0.1) is 0 Å². The molecule has 0 fully saturated rings. The molecule has 0 aromatic heterocycles. The van der Waals surface area contributed by atoms with Gasteiger partial charge in [0.05, 0.1) is 0 Å². The highest BCUT2D eigenvalue weighted by atomic mass is 15.1. The van der Waals surface area contributed by atoms with Gasteiger partial charge in [0.1, 0.15) is 0 Å². The standard InChI is InChI=1S/C14H31N/c1-6-8-9-10-12-15(11-7-2)14(5)13(3)4/h13-14H,6-12H2,1-5H3/t14-/m0/s1. The van der Waals surface area contributed by atoms with E-state index in [2.05, 4.69) is 39.5 Å². The number of rotatable bonds is 9. The van der Waals surface area contributed by atoms with Gasteiger partial charge in [-0.25, -0.2) is 0 Å². The smallest absolute Gasteiger partial charge is 0.00899 e. The summed E-state index contributed by atoms with van der Waals surface area (Å²) in [4.78, 5) is 2.67. The molecule has 0 saturated carbocycles. The average Bonchev–Trinajstić information content (AvgIpc) is 2.21. The maximum absolute atomic E-state index is 2.67. The Morgan fingerprint density at radius 2 is 1.47 bits per heavy atom. The number of hydrogen-bond donors (Lipinski definition) is 0. The molecule has 0 unspecified atom stereocenters. The molecule has 1 heteroatoms. The fourth-order valence-electron chi connectivity index (χ4n) is 1.97.